The topological polar surface area (TPSA) is 28.4 Å². The van der Waals surface area contributed by atoms with Crippen molar-refractivity contribution in [1.82, 2.24) is 9.47 Å². The summed E-state index contributed by atoms with van der Waals surface area (Å²) < 4.78 is 2.29. The number of benzene rings is 1. The van der Waals surface area contributed by atoms with E-state index in [0.717, 1.165) is 26.1 Å². The molecule has 0 saturated carbocycles. The third kappa shape index (κ3) is 2.49. The van der Waals surface area contributed by atoms with E-state index in [0.29, 0.717) is 0 Å². The largest absolute Gasteiger partial charge is 0.390 e. The van der Waals surface area contributed by atoms with Crippen LogP contribution in [-0.4, -0.2) is 33.3 Å². The fourth-order valence-electron chi connectivity index (χ4n) is 3.38. The fourth-order valence-corrected chi connectivity index (χ4v) is 3.38. The first-order valence-electron chi connectivity index (χ1n) is 7.78. The van der Waals surface area contributed by atoms with Crippen molar-refractivity contribution in [2.75, 3.05) is 13.1 Å². The Morgan fingerprint density at radius 2 is 1.90 bits per heavy atom. The summed E-state index contributed by atoms with van der Waals surface area (Å²) in [7, 11) is 2.14. The van der Waals surface area contributed by atoms with Gasteiger partial charge in [-0.05, 0) is 30.9 Å². The maximum absolute atomic E-state index is 10.5. The number of piperidine rings is 1. The van der Waals surface area contributed by atoms with Crippen LogP contribution in [0.25, 0.3) is 10.9 Å². The van der Waals surface area contributed by atoms with Crippen LogP contribution in [0.2, 0.25) is 0 Å². The van der Waals surface area contributed by atoms with E-state index in [1.54, 1.807) is 0 Å². The first kappa shape index (κ1) is 14.6. The second-order valence-electron chi connectivity index (χ2n) is 7.37. The molecule has 3 heteroatoms. The molecule has 0 radical (unpaired) electrons. The van der Waals surface area contributed by atoms with Crippen molar-refractivity contribution in [3.8, 4) is 0 Å². The van der Waals surface area contributed by atoms with Gasteiger partial charge in [0.05, 0.1) is 5.60 Å². The molecule has 3 rings (SSSR count). The van der Waals surface area contributed by atoms with Gasteiger partial charge in [0.15, 0.2) is 0 Å². The summed E-state index contributed by atoms with van der Waals surface area (Å²) in [5.41, 5.74) is 1.99. The van der Waals surface area contributed by atoms with E-state index in [4.69, 9.17) is 0 Å². The molecule has 0 aliphatic carbocycles. The maximum atomic E-state index is 10.5. The highest BCUT2D eigenvalue weighted by molar-refractivity contribution is 5.81. The van der Waals surface area contributed by atoms with Gasteiger partial charge in [-0.2, -0.15) is 0 Å². The Morgan fingerprint density at radius 3 is 2.57 bits per heavy atom. The third-order valence-electron chi connectivity index (χ3n) is 5.43. The Bertz CT molecular complexity index is 654. The van der Waals surface area contributed by atoms with Gasteiger partial charge in [-0.25, -0.2) is 0 Å². The number of aryl methyl sites for hydroxylation is 1. The molecule has 0 spiro atoms. The van der Waals surface area contributed by atoms with Gasteiger partial charge < -0.3 is 9.67 Å². The number of aliphatic hydroxyl groups is 1. The number of hydrogen-bond donors (Lipinski definition) is 1. The van der Waals surface area contributed by atoms with Gasteiger partial charge in [0.2, 0.25) is 0 Å². The normalized spacial score (nSPS) is 26.3. The van der Waals surface area contributed by atoms with Crippen LogP contribution >= 0.6 is 0 Å². The molecular weight excluding hydrogens is 260 g/mol. The number of rotatable bonds is 2. The molecule has 2 heterocycles. The second kappa shape index (κ2) is 4.85. The van der Waals surface area contributed by atoms with Crippen molar-refractivity contribution in [2.45, 2.75) is 39.3 Å². The van der Waals surface area contributed by atoms with Crippen LogP contribution in [-0.2, 0) is 13.6 Å². The summed E-state index contributed by atoms with van der Waals surface area (Å²) in [4.78, 5) is 2.46. The smallest absolute Gasteiger partial charge is 0.0694 e. The van der Waals surface area contributed by atoms with Crippen LogP contribution in [0.15, 0.2) is 30.3 Å². The van der Waals surface area contributed by atoms with Gasteiger partial charge in [0.25, 0.3) is 0 Å². The van der Waals surface area contributed by atoms with Crippen LogP contribution in [0, 0.1) is 5.41 Å². The molecule has 1 aliphatic heterocycles. The van der Waals surface area contributed by atoms with E-state index in [-0.39, 0.29) is 5.41 Å². The molecule has 0 bridgehead atoms. The van der Waals surface area contributed by atoms with Crippen molar-refractivity contribution in [2.24, 2.45) is 12.5 Å². The average molecular weight is 286 g/mol. The second-order valence-corrected chi connectivity index (χ2v) is 7.37. The molecule has 21 heavy (non-hydrogen) atoms. The van der Waals surface area contributed by atoms with Crippen molar-refractivity contribution in [3.05, 3.63) is 36.0 Å². The minimum absolute atomic E-state index is 0.0736. The van der Waals surface area contributed by atoms with E-state index in [9.17, 15) is 5.11 Å². The molecule has 3 nitrogen and oxygen atoms in total. The Labute approximate surface area is 127 Å². The summed E-state index contributed by atoms with van der Waals surface area (Å²) in [6.45, 7) is 9.15. The van der Waals surface area contributed by atoms with Gasteiger partial charge in [0, 0.05) is 43.3 Å². The lowest BCUT2D eigenvalue weighted by atomic mass is 9.71. The van der Waals surface area contributed by atoms with Crippen molar-refractivity contribution >= 4 is 10.9 Å². The van der Waals surface area contributed by atoms with Gasteiger partial charge in [0.1, 0.15) is 0 Å². The Kier molecular flexibility index (Phi) is 3.38. The average Bonchev–Trinajstić information content (AvgIpc) is 2.72. The van der Waals surface area contributed by atoms with Gasteiger partial charge in [-0.3, -0.25) is 4.90 Å². The fraction of sp³-hybridized carbons (Fsp3) is 0.556. The SMILES string of the molecule is Cn1c(CN2CC[C@@](C)(O)C(C)(C)C2)cc2ccccc21. The predicted octanol–water partition coefficient (Wildman–Crippen LogP) is 3.16. The minimum atomic E-state index is -0.567. The molecule has 1 aromatic carbocycles. The zero-order valence-electron chi connectivity index (χ0n) is 13.6. The van der Waals surface area contributed by atoms with Crippen molar-refractivity contribution in [1.29, 1.82) is 0 Å². The summed E-state index contributed by atoms with van der Waals surface area (Å²) in [6, 6.07) is 10.8. The van der Waals surface area contributed by atoms with Crippen LogP contribution in [0.1, 0.15) is 32.9 Å². The van der Waals surface area contributed by atoms with E-state index in [1.165, 1.54) is 16.6 Å². The molecular formula is C18H26N2O. The number of para-hydroxylation sites is 1. The van der Waals surface area contributed by atoms with Gasteiger partial charge in [-0.15, -0.1) is 0 Å². The van der Waals surface area contributed by atoms with Crippen LogP contribution in [0.5, 0.6) is 0 Å². The first-order chi connectivity index (χ1) is 9.80. The first-order valence-corrected chi connectivity index (χ1v) is 7.78. The molecule has 1 atom stereocenters. The minimum Gasteiger partial charge on any atom is -0.390 e. The van der Waals surface area contributed by atoms with Gasteiger partial charge >= 0.3 is 0 Å². The summed E-state index contributed by atoms with van der Waals surface area (Å²) in [6.07, 6.45) is 0.837. The Morgan fingerprint density at radius 1 is 1.19 bits per heavy atom. The molecule has 0 unspecified atom stereocenters. The molecule has 2 aromatic rings. The summed E-state index contributed by atoms with van der Waals surface area (Å²) >= 11 is 0. The Balaban J connectivity index is 1.82. The van der Waals surface area contributed by atoms with E-state index >= 15 is 0 Å². The lowest BCUT2D eigenvalue weighted by Gasteiger charge is -2.48. The molecule has 114 valence electrons. The quantitative estimate of drug-likeness (QED) is 0.918. The predicted molar refractivity (Wildman–Crippen MR) is 87.2 cm³/mol. The number of hydrogen-bond acceptors (Lipinski definition) is 2. The van der Waals surface area contributed by atoms with E-state index in [1.807, 2.05) is 6.92 Å². The summed E-state index contributed by atoms with van der Waals surface area (Å²) in [5.74, 6) is 0. The molecule has 1 aliphatic rings. The zero-order chi connectivity index (χ0) is 15.3. The molecule has 1 saturated heterocycles. The van der Waals surface area contributed by atoms with Crippen molar-refractivity contribution in [3.63, 3.8) is 0 Å². The third-order valence-corrected chi connectivity index (χ3v) is 5.43. The zero-order valence-corrected chi connectivity index (χ0v) is 13.6. The molecule has 1 N–H and O–H groups in total. The number of nitrogens with zero attached hydrogens (tertiary/aromatic N) is 2. The highest BCUT2D eigenvalue weighted by atomic mass is 16.3. The van der Waals surface area contributed by atoms with Crippen molar-refractivity contribution < 1.29 is 5.11 Å². The lowest BCUT2D eigenvalue weighted by molar-refractivity contribution is -0.107. The van der Waals surface area contributed by atoms with Gasteiger partial charge in [-0.1, -0.05) is 32.0 Å². The van der Waals surface area contributed by atoms with E-state index in [2.05, 4.69) is 60.7 Å². The number of fused-ring (bicyclic) bond motifs is 1. The van der Waals surface area contributed by atoms with E-state index < -0.39 is 5.60 Å². The number of likely N-dealkylation sites (tertiary alicyclic amines) is 1. The van der Waals surface area contributed by atoms with Crippen LogP contribution < -0.4 is 0 Å². The molecule has 1 aromatic heterocycles. The number of aromatic nitrogens is 1. The van der Waals surface area contributed by atoms with Crippen LogP contribution in [0.4, 0.5) is 0 Å². The highest BCUT2D eigenvalue weighted by Gasteiger charge is 2.43. The highest BCUT2D eigenvalue weighted by Crippen LogP contribution is 2.38. The summed E-state index contributed by atoms with van der Waals surface area (Å²) in [5, 5.41) is 11.8. The maximum Gasteiger partial charge on any atom is 0.0694 e. The molecule has 0 amide bonds. The lowest BCUT2D eigenvalue weighted by Crippen LogP contribution is -2.55. The monoisotopic (exact) mass is 286 g/mol. The van der Waals surface area contributed by atoms with Crippen LogP contribution in [0.3, 0.4) is 0 Å². The Hall–Kier alpha value is -1.32. The molecule has 1 fully saturated rings. The standard InChI is InChI=1S/C18H26N2O/c1-17(2)13-20(10-9-18(17,3)21)12-15-11-14-7-5-6-8-16(14)19(15)4/h5-8,11,21H,9-10,12-13H2,1-4H3/t18-/m1/s1.